The van der Waals surface area contributed by atoms with Crippen molar-refractivity contribution in [1.29, 1.82) is 0 Å². The first-order chi connectivity index (χ1) is 6.99. The van der Waals surface area contributed by atoms with Gasteiger partial charge < -0.3 is 25.2 Å². The van der Waals surface area contributed by atoms with Crippen LogP contribution in [0.25, 0.3) is 0 Å². The van der Waals surface area contributed by atoms with Gasteiger partial charge in [0.05, 0.1) is 39.1 Å². The van der Waals surface area contributed by atoms with Crippen molar-refractivity contribution in [3.05, 3.63) is 0 Å². The first-order valence-corrected chi connectivity index (χ1v) is 5.07. The van der Waals surface area contributed by atoms with Gasteiger partial charge in [0.2, 0.25) is 0 Å². The van der Waals surface area contributed by atoms with E-state index >= 15 is 0 Å². The summed E-state index contributed by atoms with van der Waals surface area (Å²) in [5.74, 6) is -0.170. The predicted octanol–water partition coefficient (Wildman–Crippen LogP) is -1.02. The fourth-order valence-corrected chi connectivity index (χ4v) is 0.924. The van der Waals surface area contributed by atoms with Crippen LogP contribution in [0.2, 0.25) is 0 Å². The Balaban J connectivity index is 3.78. The highest BCUT2D eigenvalue weighted by Crippen LogP contribution is 2.15. The van der Waals surface area contributed by atoms with Crippen molar-refractivity contribution in [2.75, 3.05) is 33.0 Å². The van der Waals surface area contributed by atoms with E-state index in [4.69, 9.17) is 20.1 Å². The summed E-state index contributed by atoms with van der Waals surface area (Å²) in [5, 5.41) is 35.9. The molecule has 2 unspecified atom stereocenters. The first-order valence-electron chi connectivity index (χ1n) is 5.07. The summed E-state index contributed by atoms with van der Waals surface area (Å²) in [6, 6.07) is 0. The van der Waals surface area contributed by atoms with E-state index in [1.54, 1.807) is 13.8 Å². The van der Waals surface area contributed by atoms with Crippen LogP contribution in [0, 0.1) is 11.3 Å². The van der Waals surface area contributed by atoms with E-state index in [0.29, 0.717) is 0 Å². The molecule has 0 saturated heterocycles. The van der Waals surface area contributed by atoms with Gasteiger partial charge in [-0.05, 0) is 0 Å². The first kappa shape index (κ1) is 14.8. The molecule has 92 valence electrons. The molecule has 0 saturated carbocycles. The molecule has 5 nitrogen and oxygen atoms in total. The Morgan fingerprint density at radius 3 is 2.13 bits per heavy atom. The Morgan fingerprint density at radius 2 is 1.73 bits per heavy atom. The van der Waals surface area contributed by atoms with Crippen LogP contribution in [0.3, 0.4) is 0 Å². The molecule has 0 aliphatic carbocycles. The van der Waals surface area contributed by atoms with Crippen molar-refractivity contribution in [2.24, 2.45) is 11.3 Å². The zero-order chi connectivity index (χ0) is 11.9. The van der Waals surface area contributed by atoms with Gasteiger partial charge in [-0.1, -0.05) is 13.8 Å². The lowest BCUT2D eigenvalue weighted by atomic mass is 9.94. The van der Waals surface area contributed by atoms with E-state index in [9.17, 15) is 5.11 Å². The number of rotatable bonds is 8. The Hall–Kier alpha value is -0.200. The Labute approximate surface area is 90.3 Å². The lowest BCUT2D eigenvalue weighted by molar-refractivity contribution is -0.0452. The highest BCUT2D eigenvalue weighted by molar-refractivity contribution is 4.71. The number of hydrogen-bond acceptors (Lipinski definition) is 5. The minimum atomic E-state index is -0.792. The summed E-state index contributed by atoms with van der Waals surface area (Å²) in [6.45, 7) is 3.39. The summed E-state index contributed by atoms with van der Waals surface area (Å²) in [4.78, 5) is 0. The quantitative estimate of drug-likeness (QED) is 0.422. The third-order valence-corrected chi connectivity index (χ3v) is 2.44. The number of ether oxygens (including phenoxy) is 1. The zero-order valence-corrected chi connectivity index (χ0v) is 9.39. The predicted molar refractivity (Wildman–Crippen MR) is 55.4 cm³/mol. The van der Waals surface area contributed by atoms with E-state index in [2.05, 4.69) is 0 Å². The molecule has 0 aliphatic heterocycles. The highest BCUT2D eigenvalue weighted by Gasteiger charge is 2.23. The van der Waals surface area contributed by atoms with Crippen LogP contribution in [0.5, 0.6) is 0 Å². The van der Waals surface area contributed by atoms with Gasteiger partial charge in [0.15, 0.2) is 0 Å². The molecule has 0 spiro atoms. The maximum absolute atomic E-state index is 9.24. The molecule has 0 amide bonds. The summed E-state index contributed by atoms with van der Waals surface area (Å²) >= 11 is 0. The second kappa shape index (κ2) is 7.14. The van der Waals surface area contributed by atoms with Crippen molar-refractivity contribution in [3.63, 3.8) is 0 Å². The van der Waals surface area contributed by atoms with Crippen LogP contribution in [0.4, 0.5) is 0 Å². The SMILES string of the molecule is CC(COCC(C)(CO)CO)C(O)CO. The van der Waals surface area contributed by atoms with Gasteiger partial charge in [0.1, 0.15) is 0 Å². The second-order valence-electron chi connectivity index (χ2n) is 4.37. The van der Waals surface area contributed by atoms with Gasteiger partial charge in [-0.3, -0.25) is 0 Å². The summed E-state index contributed by atoms with van der Waals surface area (Å²) in [6.07, 6.45) is -0.792. The average Bonchev–Trinajstić information content (AvgIpc) is 2.27. The van der Waals surface area contributed by atoms with E-state index in [-0.39, 0.29) is 39.0 Å². The van der Waals surface area contributed by atoms with Gasteiger partial charge in [0, 0.05) is 11.3 Å². The smallest absolute Gasteiger partial charge is 0.0818 e. The number of aliphatic hydroxyl groups excluding tert-OH is 4. The monoisotopic (exact) mass is 222 g/mol. The highest BCUT2D eigenvalue weighted by atomic mass is 16.5. The molecule has 0 heterocycles. The van der Waals surface area contributed by atoms with Crippen LogP contribution in [0.15, 0.2) is 0 Å². The molecule has 0 radical (unpaired) electrons. The molecular formula is C10H22O5. The molecule has 0 aromatic carbocycles. The van der Waals surface area contributed by atoms with E-state index in [1.807, 2.05) is 0 Å². The lowest BCUT2D eigenvalue weighted by Crippen LogP contribution is -2.33. The van der Waals surface area contributed by atoms with E-state index < -0.39 is 11.5 Å². The van der Waals surface area contributed by atoms with E-state index in [0.717, 1.165) is 0 Å². The van der Waals surface area contributed by atoms with Crippen molar-refractivity contribution in [2.45, 2.75) is 20.0 Å². The van der Waals surface area contributed by atoms with Crippen LogP contribution in [-0.4, -0.2) is 59.6 Å². The fraction of sp³-hybridized carbons (Fsp3) is 1.00. The molecule has 0 rings (SSSR count). The van der Waals surface area contributed by atoms with Gasteiger partial charge in [0.25, 0.3) is 0 Å². The minimum Gasteiger partial charge on any atom is -0.396 e. The Bertz CT molecular complexity index is 158. The molecule has 0 bridgehead atoms. The van der Waals surface area contributed by atoms with E-state index in [1.165, 1.54) is 0 Å². The van der Waals surface area contributed by atoms with Crippen molar-refractivity contribution >= 4 is 0 Å². The summed E-state index contributed by atoms with van der Waals surface area (Å²) in [7, 11) is 0. The maximum Gasteiger partial charge on any atom is 0.0818 e. The van der Waals surface area contributed by atoms with Gasteiger partial charge in [-0.25, -0.2) is 0 Å². The largest absolute Gasteiger partial charge is 0.396 e. The standard InChI is InChI=1S/C10H22O5/c1-8(9(14)3-11)4-15-7-10(2,5-12)6-13/h8-9,11-14H,3-7H2,1-2H3. The molecule has 5 heteroatoms. The molecule has 0 aromatic rings. The number of hydrogen-bond donors (Lipinski definition) is 4. The number of aliphatic hydroxyl groups is 4. The Morgan fingerprint density at radius 1 is 1.20 bits per heavy atom. The third-order valence-electron chi connectivity index (χ3n) is 2.44. The van der Waals surface area contributed by atoms with Crippen LogP contribution >= 0.6 is 0 Å². The van der Waals surface area contributed by atoms with Crippen molar-refractivity contribution in [1.82, 2.24) is 0 Å². The molecule has 15 heavy (non-hydrogen) atoms. The van der Waals surface area contributed by atoms with Gasteiger partial charge >= 0.3 is 0 Å². The average molecular weight is 222 g/mol. The Kier molecular flexibility index (Phi) is 7.04. The molecule has 0 aromatic heterocycles. The van der Waals surface area contributed by atoms with Gasteiger partial charge in [-0.2, -0.15) is 0 Å². The van der Waals surface area contributed by atoms with Crippen LogP contribution in [-0.2, 0) is 4.74 Å². The molecule has 4 N–H and O–H groups in total. The minimum absolute atomic E-state index is 0.152. The summed E-state index contributed by atoms with van der Waals surface area (Å²) in [5.41, 5.74) is -0.649. The van der Waals surface area contributed by atoms with Crippen LogP contribution < -0.4 is 0 Å². The molecule has 0 aliphatic rings. The van der Waals surface area contributed by atoms with Crippen LogP contribution in [0.1, 0.15) is 13.8 Å². The lowest BCUT2D eigenvalue weighted by Gasteiger charge is -2.25. The summed E-state index contributed by atoms with van der Waals surface area (Å²) < 4.78 is 5.27. The molecule has 0 fully saturated rings. The second-order valence-corrected chi connectivity index (χ2v) is 4.37. The molecular weight excluding hydrogens is 200 g/mol. The normalized spacial score (nSPS) is 16.4. The van der Waals surface area contributed by atoms with Gasteiger partial charge in [-0.15, -0.1) is 0 Å². The topological polar surface area (TPSA) is 90.2 Å². The van der Waals surface area contributed by atoms with Crippen molar-refractivity contribution in [3.8, 4) is 0 Å². The van der Waals surface area contributed by atoms with Crippen molar-refractivity contribution < 1.29 is 25.2 Å². The maximum atomic E-state index is 9.24. The zero-order valence-electron chi connectivity index (χ0n) is 9.39. The fourth-order valence-electron chi connectivity index (χ4n) is 0.924. The molecule has 2 atom stereocenters. The third kappa shape index (κ3) is 5.44.